The number of benzene rings is 1. The van der Waals surface area contributed by atoms with Crippen molar-refractivity contribution >= 4 is 11.7 Å². The fraction of sp³-hybridized carbons (Fsp3) is 0.417. The van der Waals surface area contributed by atoms with Crippen LogP contribution >= 0.6 is 0 Å². The molecule has 0 aromatic heterocycles. The number of aliphatic hydroxyl groups excluding tert-OH is 1. The van der Waals surface area contributed by atoms with E-state index in [0.717, 1.165) is 6.07 Å². The first-order chi connectivity index (χ1) is 7.87. The predicted molar refractivity (Wildman–Crippen MR) is 62.7 cm³/mol. The van der Waals surface area contributed by atoms with Crippen molar-refractivity contribution in [3.8, 4) is 0 Å². The van der Waals surface area contributed by atoms with Crippen molar-refractivity contribution in [3.63, 3.8) is 0 Å². The van der Waals surface area contributed by atoms with Gasteiger partial charge in [0.2, 0.25) is 0 Å². The highest BCUT2D eigenvalue weighted by Crippen LogP contribution is 2.21. The van der Waals surface area contributed by atoms with E-state index in [2.05, 4.69) is 5.32 Å². The lowest BCUT2D eigenvalue weighted by atomic mass is 9.95. The van der Waals surface area contributed by atoms with Crippen molar-refractivity contribution < 1.29 is 19.4 Å². The zero-order chi connectivity index (χ0) is 13.1. The number of rotatable bonds is 5. The lowest BCUT2D eigenvalue weighted by Crippen LogP contribution is -2.27. The molecule has 0 spiro atoms. The standard InChI is InChI=1S/C12H16FNO3/c1-12(2,7-15)6-14-9-5-3-4-8(13)10(9)11(16)17/h3-5,14-15H,6-7H2,1-2H3,(H,16,17). The number of carboxylic acids is 1. The highest BCUT2D eigenvalue weighted by molar-refractivity contribution is 5.94. The largest absolute Gasteiger partial charge is 0.478 e. The van der Waals surface area contributed by atoms with Gasteiger partial charge in [0.15, 0.2) is 0 Å². The van der Waals surface area contributed by atoms with Crippen LogP contribution in [0.2, 0.25) is 0 Å². The molecule has 0 saturated carbocycles. The summed E-state index contributed by atoms with van der Waals surface area (Å²) in [5, 5.41) is 20.8. The number of anilines is 1. The molecule has 0 amide bonds. The van der Waals surface area contributed by atoms with Crippen LogP contribution in [0, 0.1) is 11.2 Å². The molecule has 0 radical (unpaired) electrons. The summed E-state index contributed by atoms with van der Waals surface area (Å²) in [6, 6.07) is 4.04. The quantitative estimate of drug-likeness (QED) is 0.737. The van der Waals surface area contributed by atoms with E-state index >= 15 is 0 Å². The maximum absolute atomic E-state index is 13.3. The zero-order valence-corrected chi connectivity index (χ0v) is 9.83. The molecular weight excluding hydrogens is 225 g/mol. The van der Waals surface area contributed by atoms with Gasteiger partial charge in [-0.3, -0.25) is 0 Å². The van der Waals surface area contributed by atoms with E-state index in [1.165, 1.54) is 12.1 Å². The Morgan fingerprint density at radius 1 is 1.47 bits per heavy atom. The molecule has 1 aromatic rings. The molecule has 0 atom stereocenters. The second kappa shape index (κ2) is 5.14. The molecule has 0 saturated heterocycles. The second-order valence-electron chi connectivity index (χ2n) is 4.64. The molecule has 5 heteroatoms. The summed E-state index contributed by atoms with van der Waals surface area (Å²) in [5.74, 6) is -2.09. The molecule has 1 rings (SSSR count). The molecule has 0 bridgehead atoms. The highest BCUT2D eigenvalue weighted by Gasteiger charge is 2.19. The van der Waals surface area contributed by atoms with Crippen molar-refractivity contribution in [3.05, 3.63) is 29.6 Å². The van der Waals surface area contributed by atoms with Gasteiger partial charge in [0.05, 0.1) is 5.69 Å². The van der Waals surface area contributed by atoms with Crippen molar-refractivity contribution in [2.45, 2.75) is 13.8 Å². The third kappa shape index (κ3) is 3.42. The number of aromatic carboxylic acids is 1. The fourth-order valence-electron chi connectivity index (χ4n) is 1.28. The molecule has 94 valence electrons. The number of halogens is 1. The van der Waals surface area contributed by atoms with E-state index in [9.17, 15) is 9.18 Å². The first kappa shape index (κ1) is 13.4. The van der Waals surface area contributed by atoms with E-state index in [4.69, 9.17) is 10.2 Å². The number of hydrogen-bond donors (Lipinski definition) is 3. The monoisotopic (exact) mass is 241 g/mol. The van der Waals surface area contributed by atoms with Crippen LogP contribution in [0.3, 0.4) is 0 Å². The van der Waals surface area contributed by atoms with Crippen LogP contribution in [0.4, 0.5) is 10.1 Å². The summed E-state index contributed by atoms with van der Waals surface area (Å²) >= 11 is 0. The van der Waals surface area contributed by atoms with E-state index in [-0.39, 0.29) is 17.9 Å². The maximum Gasteiger partial charge on any atom is 0.340 e. The Kier molecular flexibility index (Phi) is 4.07. The molecule has 0 fully saturated rings. The van der Waals surface area contributed by atoms with Gasteiger partial charge in [0.1, 0.15) is 11.4 Å². The Hall–Kier alpha value is -1.62. The molecule has 3 N–H and O–H groups in total. The van der Waals surface area contributed by atoms with Crippen LogP contribution < -0.4 is 5.32 Å². The van der Waals surface area contributed by atoms with Gasteiger partial charge in [-0.25, -0.2) is 9.18 Å². The lowest BCUT2D eigenvalue weighted by molar-refractivity contribution is 0.0693. The van der Waals surface area contributed by atoms with Gasteiger partial charge in [-0.15, -0.1) is 0 Å². The van der Waals surface area contributed by atoms with E-state index in [0.29, 0.717) is 6.54 Å². The minimum Gasteiger partial charge on any atom is -0.478 e. The van der Waals surface area contributed by atoms with E-state index in [1.807, 2.05) is 13.8 Å². The SMILES string of the molecule is CC(C)(CO)CNc1cccc(F)c1C(=O)O. The molecule has 0 aliphatic heterocycles. The van der Waals surface area contributed by atoms with Crippen LogP contribution in [0.1, 0.15) is 24.2 Å². The minimum atomic E-state index is -1.31. The summed E-state index contributed by atoms with van der Waals surface area (Å²) in [4.78, 5) is 10.9. The van der Waals surface area contributed by atoms with Gasteiger partial charge in [0, 0.05) is 18.6 Å². The van der Waals surface area contributed by atoms with Crippen LogP contribution in [0.5, 0.6) is 0 Å². The highest BCUT2D eigenvalue weighted by atomic mass is 19.1. The smallest absolute Gasteiger partial charge is 0.340 e. The molecule has 4 nitrogen and oxygen atoms in total. The fourth-order valence-corrected chi connectivity index (χ4v) is 1.28. The van der Waals surface area contributed by atoms with Gasteiger partial charge >= 0.3 is 5.97 Å². The molecule has 0 aliphatic rings. The number of carboxylic acid groups (broad SMARTS) is 1. The molecule has 17 heavy (non-hydrogen) atoms. The van der Waals surface area contributed by atoms with Crippen LogP contribution in [-0.2, 0) is 0 Å². The Morgan fingerprint density at radius 2 is 2.12 bits per heavy atom. The summed E-state index contributed by atoms with van der Waals surface area (Å²) in [7, 11) is 0. The van der Waals surface area contributed by atoms with Crippen molar-refractivity contribution in [1.29, 1.82) is 0 Å². The Morgan fingerprint density at radius 3 is 2.65 bits per heavy atom. The number of nitrogens with one attached hydrogen (secondary N) is 1. The third-order valence-electron chi connectivity index (χ3n) is 2.41. The first-order valence-electron chi connectivity index (χ1n) is 5.24. The second-order valence-corrected chi connectivity index (χ2v) is 4.64. The average Bonchev–Trinajstić information content (AvgIpc) is 2.26. The Balaban J connectivity index is 2.92. The van der Waals surface area contributed by atoms with Gasteiger partial charge < -0.3 is 15.5 Å². The van der Waals surface area contributed by atoms with Crippen molar-refractivity contribution in [1.82, 2.24) is 0 Å². The van der Waals surface area contributed by atoms with Gasteiger partial charge in [-0.05, 0) is 12.1 Å². The van der Waals surface area contributed by atoms with E-state index in [1.54, 1.807) is 0 Å². The molecule has 0 unspecified atom stereocenters. The molecular formula is C12H16FNO3. The van der Waals surface area contributed by atoms with Crippen LogP contribution in [0.15, 0.2) is 18.2 Å². The molecule has 0 heterocycles. The van der Waals surface area contributed by atoms with Crippen LogP contribution in [0.25, 0.3) is 0 Å². The summed E-state index contributed by atoms with van der Waals surface area (Å²) in [6.07, 6.45) is 0. The average molecular weight is 241 g/mol. The molecule has 1 aromatic carbocycles. The minimum absolute atomic E-state index is 0.0439. The van der Waals surface area contributed by atoms with Gasteiger partial charge in [-0.2, -0.15) is 0 Å². The predicted octanol–water partition coefficient (Wildman–Crippen LogP) is 1.95. The van der Waals surface area contributed by atoms with Gasteiger partial charge in [0.25, 0.3) is 0 Å². The lowest BCUT2D eigenvalue weighted by Gasteiger charge is -2.23. The number of aliphatic hydroxyl groups is 1. The maximum atomic E-state index is 13.3. The first-order valence-corrected chi connectivity index (χ1v) is 5.24. The van der Waals surface area contributed by atoms with Crippen LogP contribution in [-0.4, -0.2) is 29.3 Å². The van der Waals surface area contributed by atoms with Gasteiger partial charge in [-0.1, -0.05) is 19.9 Å². The Labute approximate surface area is 99.1 Å². The Bertz CT molecular complexity index is 418. The summed E-state index contributed by atoms with van der Waals surface area (Å²) in [6.45, 7) is 3.95. The van der Waals surface area contributed by atoms with E-state index < -0.39 is 17.2 Å². The summed E-state index contributed by atoms with van der Waals surface area (Å²) in [5.41, 5.74) is -0.553. The zero-order valence-electron chi connectivity index (χ0n) is 9.83. The van der Waals surface area contributed by atoms with Crippen molar-refractivity contribution in [2.24, 2.45) is 5.41 Å². The number of carbonyl (C=O) groups is 1. The third-order valence-corrected chi connectivity index (χ3v) is 2.41. The summed E-state index contributed by atoms with van der Waals surface area (Å²) < 4.78 is 13.3. The number of hydrogen-bond acceptors (Lipinski definition) is 3. The van der Waals surface area contributed by atoms with Crippen molar-refractivity contribution in [2.75, 3.05) is 18.5 Å². The topological polar surface area (TPSA) is 69.6 Å². The molecule has 0 aliphatic carbocycles. The normalized spacial score (nSPS) is 11.3.